The minimum absolute atomic E-state index is 0.479. The lowest BCUT2D eigenvalue weighted by Crippen LogP contribution is -2.41. The van der Waals surface area contributed by atoms with Gasteiger partial charge in [-0.3, -0.25) is 0 Å². The topological polar surface area (TPSA) is 12.0 Å². The molecule has 1 unspecified atom stereocenters. The molecule has 1 N–H and O–H groups in total. The van der Waals surface area contributed by atoms with Crippen molar-refractivity contribution in [1.82, 2.24) is 5.32 Å². The summed E-state index contributed by atoms with van der Waals surface area (Å²) in [5, 5.41) is 3.73. The second kappa shape index (κ2) is 6.29. The average Bonchev–Trinajstić information content (AvgIpc) is 2.74. The van der Waals surface area contributed by atoms with E-state index in [4.69, 9.17) is 0 Å². The van der Waals surface area contributed by atoms with Gasteiger partial charge < -0.3 is 5.32 Å². The van der Waals surface area contributed by atoms with Crippen LogP contribution in [0.1, 0.15) is 33.1 Å². The first-order chi connectivity index (χ1) is 6.76. The molecule has 1 heterocycles. The molecule has 1 aliphatic heterocycles. The Hall–Kier alpha value is 0.660. The van der Waals surface area contributed by atoms with Crippen molar-refractivity contribution in [2.24, 2.45) is 0 Å². The van der Waals surface area contributed by atoms with Gasteiger partial charge in [0.1, 0.15) is 0 Å². The van der Waals surface area contributed by atoms with E-state index in [9.17, 15) is 0 Å². The standard InChI is InChI=1S/C11H23NS2/c1-4-11(5-2,13-3)9-12-10-6-7-14-8-10/h10,12H,4-9H2,1-3H3. The smallest absolute Gasteiger partial charge is 0.0276 e. The highest BCUT2D eigenvalue weighted by Gasteiger charge is 2.26. The summed E-state index contributed by atoms with van der Waals surface area (Å²) in [5.41, 5.74) is 0. The molecule has 14 heavy (non-hydrogen) atoms. The highest BCUT2D eigenvalue weighted by atomic mass is 32.2. The molecular formula is C11H23NS2. The molecule has 0 amide bonds. The zero-order valence-electron chi connectivity index (χ0n) is 9.64. The molecule has 1 nitrogen and oxygen atoms in total. The van der Waals surface area contributed by atoms with Crippen LogP contribution in [0.5, 0.6) is 0 Å². The Labute approximate surface area is 97.2 Å². The van der Waals surface area contributed by atoms with Crippen molar-refractivity contribution in [1.29, 1.82) is 0 Å². The van der Waals surface area contributed by atoms with Crippen LogP contribution in [0.4, 0.5) is 0 Å². The van der Waals surface area contributed by atoms with Crippen LogP contribution in [-0.4, -0.2) is 35.1 Å². The van der Waals surface area contributed by atoms with Gasteiger partial charge >= 0.3 is 0 Å². The van der Waals surface area contributed by atoms with E-state index in [0.717, 1.165) is 6.04 Å². The lowest BCUT2D eigenvalue weighted by atomic mass is 10.0. The molecule has 0 saturated carbocycles. The van der Waals surface area contributed by atoms with Crippen LogP contribution >= 0.6 is 23.5 Å². The van der Waals surface area contributed by atoms with Gasteiger partial charge in [0.25, 0.3) is 0 Å². The molecule has 84 valence electrons. The van der Waals surface area contributed by atoms with Gasteiger partial charge in [0.05, 0.1) is 0 Å². The Morgan fingerprint density at radius 1 is 1.43 bits per heavy atom. The first-order valence-electron chi connectivity index (χ1n) is 5.62. The summed E-state index contributed by atoms with van der Waals surface area (Å²) in [6.07, 6.45) is 6.16. The average molecular weight is 233 g/mol. The minimum Gasteiger partial charge on any atom is -0.312 e. The summed E-state index contributed by atoms with van der Waals surface area (Å²) in [7, 11) is 0. The molecular weight excluding hydrogens is 210 g/mol. The van der Waals surface area contributed by atoms with Gasteiger partial charge in [-0.05, 0) is 31.3 Å². The number of rotatable bonds is 6. The van der Waals surface area contributed by atoms with E-state index in [1.54, 1.807) is 0 Å². The van der Waals surface area contributed by atoms with E-state index >= 15 is 0 Å². The van der Waals surface area contributed by atoms with E-state index in [1.807, 2.05) is 11.8 Å². The monoisotopic (exact) mass is 233 g/mol. The maximum Gasteiger partial charge on any atom is 0.0276 e. The van der Waals surface area contributed by atoms with E-state index in [2.05, 4.69) is 37.2 Å². The number of nitrogens with one attached hydrogen (secondary N) is 1. The van der Waals surface area contributed by atoms with Crippen LogP contribution in [0.15, 0.2) is 0 Å². The van der Waals surface area contributed by atoms with Crippen molar-refractivity contribution < 1.29 is 0 Å². The molecule has 0 spiro atoms. The van der Waals surface area contributed by atoms with E-state index in [1.165, 1.54) is 37.3 Å². The fourth-order valence-corrected chi connectivity index (χ4v) is 3.88. The van der Waals surface area contributed by atoms with Gasteiger partial charge in [-0.2, -0.15) is 23.5 Å². The highest BCUT2D eigenvalue weighted by Crippen LogP contribution is 2.30. The third kappa shape index (κ3) is 3.35. The molecule has 0 aromatic carbocycles. The quantitative estimate of drug-likeness (QED) is 0.757. The number of hydrogen-bond acceptors (Lipinski definition) is 3. The molecule has 0 aromatic rings. The number of hydrogen-bond donors (Lipinski definition) is 1. The zero-order valence-corrected chi connectivity index (χ0v) is 11.3. The molecule has 0 aliphatic carbocycles. The van der Waals surface area contributed by atoms with E-state index in [0.29, 0.717) is 4.75 Å². The Kier molecular flexibility index (Phi) is 5.72. The molecule has 1 atom stereocenters. The van der Waals surface area contributed by atoms with Crippen molar-refractivity contribution >= 4 is 23.5 Å². The lowest BCUT2D eigenvalue weighted by molar-refractivity contribution is 0.456. The van der Waals surface area contributed by atoms with E-state index < -0.39 is 0 Å². The predicted octanol–water partition coefficient (Wildman–Crippen LogP) is 3.00. The van der Waals surface area contributed by atoms with Crippen LogP contribution in [0.2, 0.25) is 0 Å². The molecule has 1 saturated heterocycles. The third-order valence-electron chi connectivity index (χ3n) is 3.36. The second-order valence-electron chi connectivity index (χ2n) is 4.04. The van der Waals surface area contributed by atoms with E-state index in [-0.39, 0.29) is 0 Å². The van der Waals surface area contributed by atoms with Gasteiger partial charge in [0.15, 0.2) is 0 Å². The van der Waals surface area contributed by atoms with Crippen LogP contribution in [0.3, 0.4) is 0 Å². The summed E-state index contributed by atoms with van der Waals surface area (Å²) >= 11 is 4.12. The SMILES string of the molecule is CCC(CC)(CNC1CCSC1)SC. The van der Waals surface area contributed by atoms with Gasteiger partial charge in [0, 0.05) is 23.1 Å². The largest absolute Gasteiger partial charge is 0.312 e. The van der Waals surface area contributed by atoms with Gasteiger partial charge in [0.2, 0.25) is 0 Å². The first kappa shape index (κ1) is 12.7. The predicted molar refractivity (Wildman–Crippen MR) is 70.6 cm³/mol. The van der Waals surface area contributed by atoms with Crippen LogP contribution in [-0.2, 0) is 0 Å². The van der Waals surface area contributed by atoms with Crippen LogP contribution in [0, 0.1) is 0 Å². The molecule has 1 aliphatic rings. The minimum atomic E-state index is 0.479. The highest BCUT2D eigenvalue weighted by molar-refractivity contribution is 8.00. The normalized spacial score (nSPS) is 22.9. The van der Waals surface area contributed by atoms with Gasteiger partial charge in [-0.1, -0.05) is 13.8 Å². The first-order valence-corrected chi connectivity index (χ1v) is 8.00. The summed E-state index contributed by atoms with van der Waals surface area (Å²) in [6.45, 7) is 5.81. The molecule has 0 bridgehead atoms. The molecule has 0 aromatic heterocycles. The van der Waals surface area contributed by atoms with Crippen LogP contribution in [0.25, 0.3) is 0 Å². The summed E-state index contributed by atoms with van der Waals surface area (Å²) in [6, 6.07) is 0.782. The maximum atomic E-state index is 3.73. The Balaban J connectivity index is 2.31. The number of thioether (sulfide) groups is 2. The molecule has 1 rings (SSSR count). The van der Waals surface area contributed by atoms with Gasteiger partial charge in [-0.15, -0.1) is 0 Å². The van der Waals surface area contributed by atoms with Crippen molar-refractivity contribution in [3.05, 3.63) is 0 Å². The Morgan fingerprint density at radius 3 is 2.57 bits per heavy atom. The fourth-order valence-electron chi connectivity index (χ4n) is 1.89. The lowest BCUT2D eigenvalue weighted by Gasteiger charge is -2.31. The molecule has 0 radical (unpaired) electrons. The van der Waals surface area contributed by atoms with Crippen molar-refractivity contribution in [3.8, 4) is 0 Å². The zero-order chi connectivity index (χ0) is 10.4. The second-order valence-corrected chi connectivity index (χ2v) is 6.46. The maximum absolute atomic E-state index is 3.73. The summed E-state index contributed by atoms with van der Waals surface area (Å²) in [4.78, 5) is 0. The summed E-state index contributed by atoms with van der Waals surface area (Å²) < 4.78 is 0.479. The van der Waals surface area contributed by atoms with Crippen molar-refractivity contribution in [3.63, 3.8) is 0 Å². The Bertz CT molecular complexity index is 143. The van der Waals surface area contributed by atoms with Crippen molar-refractivity contribution in [2.75, 3.05) is 24.3 Å². The Morgan fingerprint density at radius 2 is 2.14 bits per heavy atom. The third-order valence-corrected chi connectivity index (χ3v) is 6.11. The van der Waals surface area contributed by atoms with Gasteiger partial charge in [-0.25, -0.2) is 0 Å². The fraction of sp³-hybridized carbons (Fsp3) is 1.00. The van der Waals surface area contributed by atoms with Crippen molar-refractivity contribution in [2.45, 2.75) is 43.9 Å². The molecule has 1 fully saturated rings. The molecule has 3 heteroatoms. The van der Waals surface area contributed by atoms with Crippen LogP contribution < -0.4 is 5.32 Å². The summed E-state index contributed by atoms with van der Waals surface area (Å²) in [5.74, 6) is 2.67.